The summed E-state index contributed by atoms with van der Waals surface area (Å²) in [6.07, 6.45) is 0.501. The molecule has 0 radical (unpaired) electrons. The van der Waals surface area contributed by atoms with Crippen molar-refractivity contribution in [3.63, 3.8) is 0 Å². The quantitative estimate of drug-likeness (QED) is 0.831. The number of aryl methyl sites for hydroxylation is 1. The van der Waals surface area contributed by atoms with E-state index >= 15 is 0 Å². The fourth-order valence-electron chi connectivity index (χ4n) is 2.74. The summed E-state index contributed by atoms with van der Waals surface area (Å²) in [5, 5.41) is 2.74. The van der Waals surface area contributed by atoms with E-state index in [0.717, 1.165) is 16.9 Å². The number of nitrogens with zero attached hydrogens (tertiary/aromatic N) is 1. The summed E-state index contributed by atoms with van der Waals surface area (Å²) in [6, 6.07) is 16.5. The lowest BCUT2D eigenvalue weighted by Gasteiger charge is -2.14. The average Bonchev–Trinajstić information content (AvgIpc) is 2.85. The van der Waals surface area contributed by atoms with E-state index in [1.165, 1.54) is 4.90 Å². The van der Waals surface area contributed by atoms with Gasteiger partial charge in [-0.15, -0.1) is 0 Å². The molecule has 1 saturated heterocycles. The monoisotopic (exact) mass is 324 g/mol. The fourth-order valence-corrected chi connectivity index (χ4v) is 2.74. The van der Waals surface area contributed by atoms with Crippen LogP contribution in [-0.4, -0.2) is 36.0 Å². The maximum absolute atomic E-state index is 12.4. The Morgan fingerprint density at radius 1 is 1.04 bits per heavy atom. The number of carbonyl (C=O) groups is 2. The van der Waals surface area contributed by atoms with Gasteiger partial charge >= 0.3 is 6.03 Å². The van der Waals surface area contributed by atoms with Gasteiger partial charge in [-0.1, -0.05) is 48.5 Å². The van der Waals surface area contributed by atoms with Crippen LogP contribution < -0.4 is 10.1 Å². The minimum absolute atomic E-state index is 0.197. The first-order valence-corrected chi connectivity index (χ1v) is 7.99. The van der Waals surface area contributed by atoms with Gasteiger partial charge in [0, 0.05) is 6.42 Å². The number of urea groups is 1. The van der Waals surface area contributed by atoms with Crippen LogP contribution in [0.2, 0.25) is 0 Å². The molecule has 5 heteroatoms. The lowest BCUT2D eigenvalue weighted by atomic mass is 10.1. The Labute approximate surface area is 141 Å². The van der Waals surface area contributed by atoms with Gasteiger partial charge in [0.15, 0.2) is 0 Å². The molecular formula is C19H20N2O3. The van der Waals surface area contributed by atoms with E-state index in [-0.39, 0.29) is 25.1 Å². The van der Waals surface area contributed by atoms with Gasteiger partial charge in [-0.3, -0.25) is 9.69 Å². The summed E-state index contributed by atoms with van der Waals surface area (Å²) < 4.78 is 5.68. The predicted octanol–water partition coefficient (Wildman–Crippen LogP) is 2.54. The van der Waals surface area contributed by atoms with E-state index in [4.69, 9.17) is 4.74 Å². The fraction of sp³-hybridized carbons (Fsp3) is 0.263. The van der Waals surface area contributed by atoms with Gasteiger partial charge in [0.1, 0.15) is 18.4 Å². The SMILES string of the molecule is Cc1ccccc1OCCN1C(=O)NC(Cc2ccccc2)C1=O. The van der Waals surface area contributed by atoms with Gasteiger partial charge in [-0.05, 0) is 24.1 Å². The third kappa shape index (κ3) is 3.56. The van der Waals surface area contributed by atoms with Crippen molar-refractivity contribution in [1.29, 1.82) is 0 Å². The van der Waals surface area contributed by atoms with Crippen LogP contribution in [0.1, 0.15) is 11.1 Å². The van der Waals surface area contributed by atoms with Crippen molar-refractivity contribution in [3.05, 3.63) is 65.7 Å². The van der Waals surface area contributed by atoms with Crippen LogP contribution in [0.15, 0.2) is 54.6 Å². The summed E-state index contributed by atoms with van der Waals surface area (Å²) in [5.74, 6) is 0.572. The molecule has 3 amide bonds. The average molecular weight is 324 g/mol. The van der Waals surface area contributed by atoms with Crippen LogP contribution in [0, 0.1) is 6.92 Å². The molecule has 5 nitrogen and oxygen atoms in total. The molecule has 1 aliphatic rings. The van der Waals surface area contributed by atoms with Crippen molar-refractivity contribution in [3.8, 4) is 5.75 Å². The molecule has 0 aliphatic carbocycles. The van der Waals surface area contributed by atoms with Crippen LogP contribution >= 0.6 is 0 Å². The van der Waals surface area contributed by atoms with Crippen molar-refractivity contribution in [2.75, 3.05) is 13.2 Å². The normalized spacial score (nSPS) is 17.0. The third-order valence-electron chi connectivity index (χ3n) is 4.06. The van der Waals surface area contributed by atoms with Gasteiger partial charge in [0.25, 0.3) is 5.91 Å². The molecule has 0 aromatic heterocycles. The second-order valence-corrected chi connectivity index (χ2v) is 5.80. The smallest absolute Gasteiger partial charge is 0.324 e. The second kappa shape index (κ2) is 7.17. The largest absolute Gasteiger partial charge is 0.491 e. The number of ether oxygens (including phenoxy) is 1. The molecule has 1 aliphatic heterocycles. The van der Waals surface area contributed by atoms with Crippen molar-refractivity contribution >= 4 is 11.9 Å². The third-order valence-corrected chi connectivity index (χ3v) is 4.06. The highest BCUT2D eigenvalue weighted by molar-refractivity contribution is 6.04. The Morgan fingerprint density at radius 3 is 2.50 bits per heavy atom. The molecule has 1 N–H and O–H groups in total. The van der Waals surface area contributed by atoms with Crippen molar-refractivity contribution in [1.82, 2.24) is 10.2 Å². The standard InChI is InChI=1S/C19H20N2O3/c1-14-7-5-6-10-17(14)24-12-11-21-18(22)16(20-19(21)23)13-15-8-3-2-4-9-15/h2-10,16H,11-13H2,1H3,(H,20,23). The van der Waals surface area contributed by atoms with Gasteiger partial charge in [-0.25, -0.2) is 4.79 Å². The van der Waals surface area contributed by atoms with E-state index < -0.39 is 6.04 Å². The Kier molecular flexibility index (Phi) is 4.79. The van der Waals surface area contributed by atoms with Gasteiger partial charge in [0.05, 0.1) is 6.54 Å². The van der Waals surface area contributed by atoms with E-state index in [2.05, 4.69) is 5.32 Å². The summed E-state index contributed by atoms with van der Waals surface area (Å²) >= 11 is 0. The van der Waals surface area contributed by atoms with E-state index in [1.54, 1.807) is 0 Å². The highest BCUT2D eigenvalue weighted by atomic mass is 16.5. The Bertz CT molecular complexity index is 730. The molecule has 0 spiro atoms. The van der Waals surface area contributed by atoms with Crippen LogP contribution in [-0.2, 0) is 11.2 Å². The Morgan fingerprint density at radius 2 is 1.75 bits per heavy atom. The summed E-state index contributed by atoms with van der Waals surface area (Å²) in [7, 11) is 0. The van der Waals surface area contributed by atoms with Gasteiger partial charge in [0.2, 0.25) is 0 Å². The molecule has 1 fully saturated rings. The number of benzene rings is 2. The zero-order valence-corrected chi connectivity index (χ0v) is 13.6. The molecule has 0 bridgehead atoms. The van der Waals surface area contributed by atoms with E-state index in [9.17, 15) is 9.59 Å². The molecule has 0 saturated carbocycles. The van der Waals surface area contributed by atoms with Crippen molar-refractivity contribution in [2.45, 2.75) is 19.4 Å². The minimum atomic E-state index is -0.502. The summed E-state index contributed by atoms with van der Waals surface area (Å²) in [5.41, 5.74) is 2.05. The molecule has 3 rings (SSSR count). The molecule has 24 heavy (non-hydrogen) atoms. The van der Waals surface area contributed by atoms with Gasteiger partial charge < -0.3 is 10.1 Å². The highest BCUT2D eigenvalue weighted by Crippen LogP contribution is 2.17. The molecule has 2 aromatic rings. The number of rotatable bonds is 6. The van der Waals surface area contributed by atoms with Gasteiger partial charge in [-0.2, -0.15) is 0 Å². The lowest BCUT2D eigenvalue weighted by molar-refractivity contribution is -0.127. The predicted molar refractivity (Wildman–Crippen MR) is 90.9 cm³/mol. The second-order valence-electron chi connectivity index (χ2n) is 5.80. The van der Waals surface area contributed by atoms with E-state index in [1.807, 2.05) is 61.5 Å². The topological polar surface area (TPSA) is 58.6 Å². The molecule has 2 aromatic carbocycles. The number of carbonyl (C=O) groups excluding carboxylic acids is 2. The molecule has 1 heterocycles. The number of hydrogen-bond donors (Lipinski definition) is 1. The molecular weight excluding hydrogens is 304 g/mol. The number of para-hydroxylation sites is 1. The Hall–Kier alpha value is -2.82. The summed E-state index contributed by atoms with van der Waals surface area (Å²) in [4.78, 5) is 25.7. The minimum Gasteiger partial charge on any atom is -0.491 e. The first-order valence-electron chi connectivity index (χ1n) is 7.99. The number of hydrogen-bond acceptors (Lipinski definition) is 3. The maximum Gasteiger partial charge on any atom is 0.324 e. The molecule has 124 valence electrons. The molecule has 1 atom stereocenters. The number of nitrogens with one attached hydrogen (secondary N) is 1. The van der Waals surface area contributed by atoms with E-state index in [0.29, 0.717) is 6.42 Å². The van der Waals surface area contributed by atoms with Crippen LogP contribution in [0.3, 0.4) is 0 Å². The van der Waals surface area contributed by atoms with Crippen molar-refractivity contribution in [2.24, 2.45) is 0 Å². The highest BCUT2D eigenvalue weighted by Gasteiger charge is 2.37. The zero-order chi connectivity index (χ0) is 16.9. The zero-order valence-electron chi connectivity index (χ0n) is 13.6. The number of amides is 3. The maximum atomic E-state index is 12.4. The lowest BCUT2D eigenvalue weighted by Crippen LogP contribution is -2.35. The summed E-state index contributed by atoms with van der Waals surface area (Å²) in [6.45, 7) is 2.48. The van der Waals surface area contributed by atoms with Crippen molar-refractivity contribution < 1.29 is 14.3 Å². The van der Waals surface area contributed by atoms with Crippen LogP contribution in [0.25, 0.3) is 0 Å². The number of imide groups is 1. The Balaban J connectivity index is 1.55. The first-order chi connectivity index (χ1) is 11.6. The molecule has 1 unspecified atom stereocenters. The first kappa shape index (κ1) is 16.1. The van der Waals surface area contributed by atoms with Crippen LogP contribution in [0.5, 0.6) is 5.75 Å². The van der Waals surface area contributed by atoms with Crippen LogP contribution in [0.4, 0.5) is 4.79 Å².